The number of carbonyl (C=O) groups excluding carboxylic acids is 2. The highest BCUT2D eigenvalue weighted by Gasteiger charge is 2.37. The van der Waals surface area contributed by atoms with Gasteiger partial charge in [-0.2, -0.15) is 0 Å². The molecule has 1 saturated heterocycles. The maximum Gasteiger partial charge on any atom is 0.326 e. The summed E-state index contributed by atoms with van der Waals surface area (Å²) in [4.78, 5) is 36.6. The van der Waals surface area contributed by atoms with Crippen LogP contribution in [0.1, 0.15) is 34.1 Å². The number of aliphatic carboxylic acids is 1. The Bertz CT molecular complexity index is 403. The maximum absolute atomic E-state index is 12.2. The van der Waals surface area contributed by atoms with E-state index in [1.807, 2.05) is 6.92 Å². The quantitative estimate of drug-likeness (QED) is 0.699. The van der Waals surface area contributed by atoms with Crippen LogP contribution in [-0.4, -0.2) is 53.1 Å². The molecule has 3 N–H and O–H groups in total. The normalized spacial score (nSPS) is 21.1. The standard InChI is InChI=1S/C13H23N3O4/c1-5-8-10(17)14-6-7-16(8)12(20)15-9(11(18)19)13(2,3)4/h8-9H,5-7H2,1-4H3,(H,14,17)(H,15,20)(H,18,19)/t8?,9-/m1/s1. The second-order valence-corrected chi connectivity index (χ2v) is 6.00. The van der Waals surface area contributed by atoms with E-state index < -0.39 is 29.5 Å². The lowest BCUT2D eigenvalue weighted by molar-refractivity contribution is -0.142. The zero-order valence-corrected chi connectivity index (χ0v) is 12.4. The fourth-order valence-electron chi connectivity index (χ4n) is 2.22. The topological polar surface area (TPSA) is 98.7 Å². The van der Waals surface area contributed by atoms with Crippen molar-refractivity contribution in [1.82, 2.24) is 15.5 Å². The first kappa shape index (κ1) is 16.3. The van der Waals surface area contributed by atoms with Crippen LogP contribution in [-0.2, 0) is 9.59 Å². The lowest BCUT2D eigenvalue weighted by Gasteiger charge is -2.36. The molecule has 114 valence electrons. The molecule has 0 saturated carbocycles. The molecule has 0 spiro atoms. The third-order valence-corrected chi connectivity index (χ3v) is 3.36. The first-order valence-electron chi connectivity index (χ1n) is 6.76. The lowest BCUT2D eigenvalue weighted by atomic mass is 9.87. The van der Waals surface area contributed by atoms with E-state index in [0.29, 0.717) is 19.5 Å². The summed E-state index contributed by atoms with van der Waals surface area (Å²) in [6.45, 7) is 7.81. The number of rotatable bonds is 3. The summed E-state index contributed by atoms with van der Waals surface area (Å²) in [6, 6.07) is -2.05. The Morgan fingerprint density at radius 1 is 1.50 bits per heavy atom. The van der Waals surface area contributed by atoms with Gasteiger partial charge in [0.25, 0.3) is 0 Å². The molecule has 0 radical (unpaired) electrons. The molecular formula is C13H23N3O4. The van der Waals surface area contributed by atoms with Crippen LogP contribution in [0.2, 0.25) is 0 Å². The van der Waals surface area contributed by atoms with Gasteiger partial charge in [-0.1, -0.05) is 27.7 Å². The van der Waals surface area contributed by atoms with Crippen LogP contribution < -0.4 is 10.6 Å². The molecular weight excluding hydrogens is 262 g/mol. The van der Waals surface area contributed by atoms with Gasteiger partial charge in [0.05, 0.1) is 0 Å². The van der Waals surface area contributed by atoms with Gasteiger partial charge in [0.1, 0.15) is 12.1 Å². The van der Waals surface area contributed by atoms with Crippen molar-refractivity contribution in [2.75, 3.05) is 13.1 Å². The first-order chi connectivity index (χ1) is 9.18. The first-order valence-corrected chi connectivity index (χ1v) is 6.76. The molecule has 0 aliphatic carbocycles. The van der Waals surface area contributed by atoms with Crippen LogP contribution >= 0.6 is 0 Å². The number of carboxylic acids is 1. The number of carboxylic acid groups (broad SMARTS) is 1. The molecule has 1 heterocycles. The van der Waals surface area contributed by atoms with Gasteiger partial charge in [-0.25, -0.2) is 9.59 Å². The van der Waals surface area contributed by atoms with Gasteiger partial charge in [-0.15, -0.1) is 0 Å². The monoisotopic (exact) mass is 285 g/mol. The van der Waals surface area contributed by atoms with E-state index in [1.54, 1.807) is 20.8 Å². The van der Waals surface area contributed by atoms with Gasteiger partial charge in [0.15, 0.2) is 0 Å². The molecule has 1 unspecified atom stereocenters. The Balaban J connectivity index is 2.83. The summed E-state index contributed by atoms with van der Waals surface area (Å²) in [7, 11) is 0. The van der Waals surface area contributed by atoms with Crippen molar-refractivity contribution >= 4 is 17.9 Å². The van der Waals surface area contributed by atoms with E-state index in [1.165, 1.54) is 4.90 Å². The molecule has 0 bridgehead atoms. The predicted molar refractivity (Wildman–Crippen MR) is 73.2 cm³/mol. The van der Waals surface area contributed by atoms with Crippen LogP contribution in [0.25, 0.3) is 0 Å². The number of nitrogens with zero attached hydrogens (tertiary/aromatic N) is 1. The Morgan fingerprint density at radius 2 is 2.10 bits per heavy atom. The zero-order chi connectivity index (χ0) is 15.5. The van der Waals surface area contributed by atoms with Gasteiger partial charge >= 0.3 is 12.0 Å². The summed E-state index contributed by atoms with van der Waals surface area (Å²) in [5, 5.41) is 14.4. The van der Waals surface area contributed by atoms with Crippen molar-refractivity contribution in [1.29, 1.82) is 0 Å². The lowest BCUT2D eigenvalue weighted by Crippen LogP contribution is -2.62. The number of piperazine rings is 1. The maximum atomic E-state index is 12.2. The van der Waals surface area contributed by atoms with E-state index in [9.17, 15) is 19.5 Å². The van der Waals surface area contributed by atoms with Crippen LogP contribution in [0.4, 0.5) is 4.79 Å². The molecule has 1 rings (SSSR count). The number of hydrogen-bond donors (Lipinski definition) is 3. The average Bonchev–Trinajstić information content (AvgIpc) is 2.33. The number of urea groups is 1. The second-order valence-electron chi connectivity index (χ2n) is 6.00. The van der Waals surface area contributed by atoms with Crippen molar-refractivity contribution in [3.05, 3.63) is 0 Å². The van der Waals surface area contributed by atoms with Gasteiger partial charge in [-0.05, 0) is 11.8 Å². The smallest absolute Gasteiger partial charge is 0.326 e. The van der Waals surface area contributed by atoms with Gasteiger partial charge < -0.3 is 20.6 Å². The molecule has 0 aromatic heterocycles. The molecule has 3 amide bonds. The third kappa shape index (κ3) is 3.61. The minimum atomic E-state index is -1.08. The fourth-order valence-corrected chi connectivity index (χ4v) is 2.22. The Labute approximate surface area is 118 Å². The summed E-state index contributed by atoms with van der Waals surface area (Å²) in [6.07, 6.45) is 0.493. The fraction of sp³-hybridized carbons (Fsp3) is 0.769. The number of nitrogens with one attached hydrogen (secondary N) is 2. The highest BCUT2D eigenvalue weighted by atomic mass is 16.4. The van der Waals surface area contributed by atoms with Gasteiger partial charge in [0.2, 0.25) is 5.91 Å². The van der Waals surface area contributed by atoms with E-state index in [0.717, 1.165) is 0 Å². The summed E-state index contributed by atoms with van der Waals surface area (Å²) in [5.74, 6) is -1.28. The summed E-state index contributed by atoms with van der Waals surface area (Å²) in [5.41, 5.74) is -0.610. The molecule has 20 heavy (non-hydrogen) atoms. The van der Waals surface area contributed by atoms with E-state index in [2.05, 4.69) is 10.6 Å². The van der Waals surface area contributed by atoms with Crippen LogP contribution in [0.3, 0.4) is 0 Å². The van der Waals surface area contributed by atoms with Crippen molar-refractivity contribution in [3.8, 4) is 0 Å². The van der Waals surface area contributed by atoms with Gasteiger partial charge in [0, 0.05) is 13.1 Å². The number of hydrogen-bond acceptors (Lipinski definition) is 3. The van der Waals surface area contributed by atoms with Crippen molar-refractivity contribution in [3.63, 3.8) is 0 Å². The Morgan fingerprint density at radius 3 is 2.55 bits per heavy atom. The molecule has 1 aliphatic heterocycles. The molecule has 1 fully saturated rings. The van der Waals surface area contributed by atoms with E-state index >= 15 is 0 Å². The van der Waals surface area contributed by atoms with Crippen molar-refractivity contribution in [2.24, 2.45) is 5.41 Å². The highest BCUT2D eigenvalue weighted by molar-refractivity contribution is 5.90. The Hall–Kier alpha value is -1.79. The van der Waals surface area contributed by atoms with Crippen molar-refractivity contribution < 1.29 is 19.5 Å². The second kappa shape index (κ2) is 6.11. The molecule has 0 aromatic carbocycles. The minimum Gasteiger partial charge on any atom is -0.480 e. The zero-order valence-electron chi connectivity index (χ0n) is 12.4. The van der Waals surface area contributed by atoms with Crippen LogP contribution in [0.15, 0.2) is 0 Å². The number of amides is 3. The summed E-state index contributed by atoms with van der Waals surface area (Å²) >= 11 is 0. The average molecular weight is 285 g/mol. The third-order valence-electron chi connectivity index (χ3n) is 3.36. The van der Waals surface area contributed by atoms with Crippen LogP contribution in [0.5, 0.6) is 0 Å². The van der Waals surface area contributed by atoms with E-state index in [-0.39, 0.29) is 5.91 Å². The van der Waals surface area contributed by atoms with Crippen LogP contribution in [0, 0.1) is 5.41 Å². The van der Waals surface area contributed by atoms with Gasteiger partial charge in [-0.3, -0.25) is 4.79 Å². The molecule has 7 nitrogen and oxygen atoms in total. The van der Waals surface area contributed by atoms with E-state index in [4.69, 9.17) is 0 Å². The predicted octanol–water partition coefficient (Wildman–Crippen LogP) is 0.406. The molecule has 2 atom stereocenters. The minimum absolute atomic E-state index is 0.198. The molecule has 7 heteroatoms. The largest absolute Gasteiger partial charge is 0.480 e. The SMILES string of the molecule is CCC1C(=O)NCCN1C(=O)N[C@H](C(=O)O)C(C)(C)C. The molecule has 0 aromatic rings. The summed E-state index contributed by atoms with van der Waals surface area (Å²) < 4.78 is 0. The highest BCUT2D eigenvalue weighted by Crippen LogP contribution is 2.20. The Kier molecular flexibility index (Phi) is 4.97. The molecule has 1 aliphatic rings. The van der Waals surface area contributed by atoms with Crippen molar-refractivity contribution in [2.45, 2.75) is 46.2 Å². The number of carbonyl (C=O) groups is 3.